The highest BCUT2D eigenvalue weighted by atomic mass is 32.2. The molecule has 0 amide bonds. The van der Waals surface area contributed by atoms with Crippen molar-refractivity contribution in [3.63, 3.8) is 0 Å². The highest BCUT2D eigenvalue weighted by Gasteiger charge is 2.51. The molecule has 1 aromatic heterocycles. The first kappa shape index (κ1) is 22.4. The van der Waals surface area contributed by atoms with Crippen LogP contribution in [0.5, 0.6) is 0 Å². The van der Waals surface area contributed by atoms with Crippen molar-refractivity contribution in [2.24, 2.45) is 5.41 Å². The molecule has 1 spiro atoms. The van der Waals surface area contributed by atoms with Crippen LogP contribution in [0.3, 0.4) is 0 Å². The van der Waals surface area contributed by atoms with Gasteiger partial charge in [-0.1, -0.05) is 39.8 Å². The molecule has 0 saturated carbocycles. The Morgan fingerprint density at radius 1 is 1.13 bits per heavy atom. The minimum atomic E-state index is -3.50. The molecule has 0 aliphatic carbocycles. The monoisotopic (exact) mass is 446 g/mol. The number of aryl methyl sites for hydroxylation is 1. The molecule has 1 atom stereocenters. The van der Waals surface area contributed by atoms with Crippen molar-refractivity contribution in [2.75, 3.05) is 33.2 Å². The van der Waals surface area contributed by atoms with Crippen molar-refractivity contribution in [2.45, 2.75) is 63.2 Å². The quantitative estimate of drug-likeness (QED) is 0.716. The molecule has 0 N–H and O–H groups in total. The standard InChI is InChI=1S/C23H34N4O3S/c1-6-20-24-25-21(30-20)19-15-26(5)16-23(19)11-13-27(14-12-23)31(28,29)18-9-7-17(8-10-18)22(2,3)4/h7-10,19H,6,11-16H2,1-5H3. The molecule has 0 radical (unpaired) electrons. The fourth-order valence-electron chi connectivity index (χ4n) is 5.06. The van der Waals surface area contributed by atoms with Gasteiger partial charge in [-0.15, -0.1) is 10.2 Å². The Kier molecular flexibility index (Phi) is 5.77. The van der Waals surface area contributed by atoms with Gasteiger partial charge in [-0.05, 0) is 48.4 Å². The largest absolute Gasteiger partial charge is 0.425 e. The minimum Gasteiger partial charge on any atom is -0.425 e. The van der Waals surface area contributed by atoms with Gasteiger partial charge in [0.05, 0.1) is 10.8 Å². The fourth-order valence-corrected chi connectivity index (χ4v) is 6.50. The lowest BCUT2D eigenvalue weighted by molar-refractivity contribution is 0.134. The van der Waals surface area contributed by atoms with E-state index in [1.807, 2.05) is 19.1 Å². The van der Waals surface area contributed by atoms with Gasteiger partial charge >= 0.3 is 0 Å². The lowest BCUT2D eigenvalue weighted by Crippen LogP contribution is -2.45. The first-order valence-electron chi connectivity index (χ1n) is 11.2. The summed E-state index contributed by atoms with van der Waals surface area (Å²) in [4.78, 5) is 2.68. The first-order chi connectivity index (χ1) is 14.5. The van der Waals surface area contributed by atoms with Gasteiger partial charge < -0.3 is 9.32 Å². The number of piperidine rings is 1. The van der Waals surface area contributed by atoms with E-state index < -0.39 is 10.0 Å². The molecule has 1 aromatic carbocycles. The van der Waals surface area contributed by atoms with E-state index in [2.05, 4.69) is 42.9 Å². The van der Waals surface area contributed by atoms with Crippen LogP contribution in [0.25, 0.3) is 0 Å². The van der Waals surface area contributed by atoms with E-state index in [1.165, 1.54) is 0 Å². The van der Waals surface area contributed by atoms with Gasteiger partial charge in [-0.3, -0.25) is 0 Å². The highest BCUT2D eigenvalue weighted by Crippen LogP contribution is 2.49. The lowest BCUT2D eigenvalue weighted by Gasteiger charge is -2.41. The second-order valence-electron chi connectivity index (χ2n) is 10.2. The number of likely N-dealkylation sites (tertiary alicyclic amines) is 1. The summed E-state index contributed by atoms with van der Waals surface area (Å²) in [5, 5.41) is 8.48. The van der Waals surface area contributed by atoms with E-state index >= 15 is 0 Å². The molecule has 1 unspecified atom stereocenters. The molecule has 2 fully saturated rings. The molecule has 4 rings (SSSR count). The molecule has 3 heterocycles. The Morgan fingerprint density at radius 3 is 2.32 bits per heavy atom. The van der Waals surface area contributed by atoms with Crippen molar-refractivity contribution in [3.05, 3.63) is 41.6 Å². The van der Waals surface area contributed by atoms with Gasteiger partial charge in [0.15, 0.2) is 0 Å². The molecule has 2 aliphatic heterocycles. The Bertz CT molecular complexity index is 1020. The fraction of sp³-hybridized carbons (Fsp3) is 0.652. The van der Waals surface area contributed by atoms with Crippen molar-refractivity contribution in [3.8, 4) is 0 Å². The minimum absolute atomic E-state index is 0.00427. The predicted octanol–water partition coefficient (Wildman–Crippen LogP) is 3.43. The zero-order valence-corrected chi connectivity index (χ0v) is 20.1. The molecule has 2 aromatic rings. The third-order valence-electron chi connectivity index (χ3n) is 6.98. The van der Waals surface area contributed by atoms with Crippen LogP contribution in [-0.2, 0) is 21.9 Å². The van der Waals surface area contributed by atoms with E-state index in [0.29, 0.717) is 29.8 Å². The molecule has 8 heteroatoms. The molecule has 7 nitrogen and oxygen atoms in total. The van der Waals surface area contributed by atoms with Crippen LogP contribution in [0.2, 0.25) is 0 Å². The summed E-state index contributed by atoms with van der Waals surface area (Å²) in [5.74, 6) is 1.52. The smallest absolute Gasteiger partial charge is 0.243 e. The van der Waals surface area contributed by atoms with E-state index in [4.69, 9.17) is 4.42 Å². The van der Waals surface area contributed by atoms with Crippen molar-refractivity contribution in [1.29, 1.82) is 0 Å². The Balaban J connectivity index is 1.51. The summed E-state index contributed by atoms with van der Waals surface area (Å²) in [6.07, 6.45) is 2.32. The third-order valence-corrected chi connectivity index (χ3v) is 8.89. The van der Waals surface area contributed by atoms with Crippen LogP contribution in [0, 0.1) is 5.41 Å². The summed E-state index contributed by atoms with van der Waals surface area (Å²) in [7, 11) is -1.39. The van der Waals surface area contributed by atoms with Crippen molar-refractivity contribution in [1.82, 2.24) is 19.4 Å². The number of likely N-dealkylation sites (N-methyl/N-ethyl adjacent to an activating group) is 1. The van der Waals surface area contributed by atoms with Crippen LogP contribution in [0.4, 0.5) is 0 Å². The first-order valence-corrected chi connectivity index (χ1v) is 12.6. The molecule has 2 aliphatic rings. The topological polar surface area (TPSA) is 79.5 Å². The maximum atomic E-state index is 13.3. The molecule has 31 heavy (non-hydrogen) atoms. The Morgan fingerprint density at radius 2 is 1.77 bits per heavy atom. The van der Waals surface area contributed by atoms with Crippen molar-refractivity contribution >= 4 is 10.0 Å². The average molecular weight is 447 g/mol. The predicted molar refractivity (Wildman–Crippen MR) is 119 cm³/mol. The summed E-state index contributed by atoms with van der Waals surface area (Å²) >= 11 is 0. The van der Waals surface area contributed by atoms with Crippen molar-refractivity contribution < 1.29 is 12.8 Å². The van der Waals surface area contributed by atoms with Gasteiger partial charge in [0, 0.05) is 32.6 Å². The van der Waals surface area contributed by atoms with Gasteiger partial charge in [-0.2, -0.15) is 4.31 Å². The number of hydrogen-bond donors (Lipinski definition) is 0. The third kappa shape index (κ3) is 4.17. The van der Waals surface area contributed by atoms with Gasteiger partial charge in [0.25, 0.3) is 0 Å². The van der Waals surface area contributed by atoms with Crippen LogP contribution < -0.4 is 0 Å². The summed E-state index contributed by atoms with van der Waals surface area (Å²) < 4.78 is 34.1. The SMILES string of the molecule is CCc1nnc(C2CN(C)CC23CCN(S(=O)(=O)c2ccc(C(C)(C)C)cc2)CC3)o1. The number of sulfonamides is 1. The number of aromatic nitrogens is 2. The van der Waals surface area contributed by atoms with E-state index in [1.54, 1.807) is 16.4 Å². The molecular formula is C23H34N4O3S. The van der Waals surface area contributed by atoms with Gasteiger partial charge in [0.1, 0.15) is 0 Å². The normalized spacial score (nSPS) is 22.9. The maximum Gasteiger partial charge on any atom is 0.243 e. The second-order valence-corrected chi connectivity index (χ2v) is 12.1. The van der Waals surface area contributed by atoms with Crippen LogP contribution in [0.15, 0.2) is 33.6 Å². The van der Waals surface area contributed by atoms with E-state index in [0.717, 1.165) is 37.9 Å². The number of benzene rings is 1. The van der Waals surface area contributed by atoms with Gasteiger partial charge in [0.2, 0.25) is 21.8 Å². The summed E-state index contributed by atoms with van der Waals surface area (Å²) in [6, 6.07) is 7.36. The Labute approximate surface area is 185 Å². The summed E-state index contributed by atoms with van der Waals surface area (Å²) in [5.41, 5.74) is 1.11. The number of hydrogen-bond acceptors (Lipinski definition) is 6. The number of nitrogens with zero attached hydrogens (tertiary/aromatic N) is 4. The van der Waals surface area contributed by atoms with E-state index in [-0.39, 0.29) is 16.7 Å². The molecular weight excluding hydrogens is 412 g/mol. The zero-order valence-electron chi connectivity index (χ0n) is 19.3. The van der Waals surface area contributed by atoms with Crippen LogP contribution >= 0.6 is 0 Å². The average Bonchev–Trinajstić information content (AvgIpc) is 3.32. The van der Waals surface area contributed by atoms with Crippen LogP contribution in [-0.4, -0.2) is 61.0 Å². The molecule has 2 saturated heterocycles. The molecule has 0 bridgehead atoms. The zero-order chi connectivity index (χ0) is 22.4. The second kappa shape index (κ2) is 7.98. The lowest BCUT2D eigenvalue weighted by atomic mass is 9.71. The summed E-state index contributed by atoms with van der Waals surface area (Å²) in [6.45, 7) is 11.2. The maximum absolute atomic E-state index is 13.3. The number of rotatable bonds is 4. The molecule has 170 valence electrons. The Hall–Kier alpha value is -1.77. The van der Waals surface area contributed by atoms with E-state index in [9.17, 15) is 8.42 Å². The van der Waals surface area contributed by atoms with Crippen LogP contribution in [0.1, 0.15) is 63.8 Å². The van der Waals surface area contributed by atoms with Gasteiger partial charge in [-0.25, -0.2) is 8.42 Å². The highest BCUT2D eigenvalue weighted by molar-refractivity contribution is 7.89.